The lowest BCUT2D eigenvalue weighted by atomic mass is 10.2. The molecule has 11 heteroatoms. The van der Waals surface area contributed by atoms with Crippen LogP contribution in [0.15, 0.2) is 29.4 Å². The normalized spacial score (nSPS) is 11.3. The highest BCUT2D eigenvalue weighted by molar-refractivity contribution is 7.92. The summed E-state index contributed by atoms with van der Waals surface area (Å²) < 4.78 is 51.9. The maximum Gasteiger partial charge on any atom is 0.296 e. The van der Waals surface area contributed by atoms with E-state index < -0.39 is 38.0 Å². The number of aromatic nitrogens is 2. The second kappa shape index (κ2) is 4.85. The molecule has 0 aliphatic heterocycles. The Morgan fingerprint density at radius 3 is 2.60 bits per heavy atom. The van der Waals surface area contributed by atoms with Gasteiger partial charge >= 0.3 is 0 Å². The summed E-state index contributed by atoms with van der Waals surface area (Å²) >= 11 is 0. The molecule has 8 nitrogen and oxygen atoms in total. The van der Waals surface area contributed by atoms with Gasteiger partial charge in [0.25, 0.3) is 15.7 Å². The van der Waals surface area contributed by atoms with E-state index >= 15 is 0 Å². The number of nitro groups is 1. The van der Waals surface area contributed by atoms with Crippen LogP contribution in [-0.4, -0.2) is 23.5 Å². The molecule has 0 bridgehead atoms. The molecule has 0 radical (unpaired) electrons. The minimum Gasteiger partial charge on any atom is -0.284 e. The first-order valence-electron chi connectivity index (χ1n) is 4.97. The molecule has 1 aromatic heterocycles. The lowest BCUT2D eigenvalue weighted by Gasteiger charge is -2.08. The van der Waals surface area contributed by atoms with Gasteiger partial charge in [0.1, 0.15) is 4.90 Å². The Bertz CT molecular complexity index is 761. The third kappa shape index (κ3) is 2.42. The maximum absolute atomic E-state index is 13.6. The van der Waals surface area contributed by atoms with Crippen LogP contribution in [0.1, 0.15) is 0 Å². The maximum atomic E-state index is 13.6. The third-order valence-corrected chi connectivity index (χ3v) is 3.61. The summed E-state index contributed by atoms with van der Waals surface area (Å²) in [4.78, 5) is 9.31. The number of H-pyrrole nitrogens is 1. The molecule has 2 aromatic rings. The standard InChI is InChI=1S/C9H6F2N4O4S/c10-6-1-2-7(15(16)17)9(8(6)11)14-20(18,19)5-3-12-13-4-5/h1-4,14H,(H,12,13). The molecule has 0 amide bonds. The number of benzene rings is 1. The molecule has 106 valence electrons. The van der Waals surface area contributed by atoms with Crippen LogP contribution < -0.4 is 4.72 Å². The lowest BCUT2D eigenvalue weighted by Crippen LogP contribution is -2.15. The Kier molecular flexibility index (Phi) is 3.36. The van der Waals surface area contributed by atoms with Crippen LogP contribution in [0.3, 0.4) is 0 Å². The van der Waals surface area contributed by atoms with Crippen molar-refractivity contribution >= 4 is 21.4 Å². The molecule has 0 saturated carbocycles. The topological polar surface area (TPSA) is 118 Å². The van der Waals surface area contributed by atoms with E-state index in [-0.39, 0.29) is 4.90 Å². The summed E-state index contributed by atoms with van der Waals surface area (Å²) in [5, 5.41) is 16.3. The van der Waals surface area contributed by atoms with Crippen LogP contribution >= 0.6 is 0 Å². The Morgan fingerprint density at radius 1 is 1.35 bits per heavy atom. The number of sulfonamides is 1. The van der Waals surface area contributed by atoms with Gasteiger partial charge in [0.2, 0.25) is 0 Å². The molecule has 0 unspecified atom stereocenters. The van der Waals surface area contributed by atoms with E-state index in [0.717, 1.165) is 12.4 Å². The first-order chi connectivity index (χ1) is 9.33. The lowest BCUT2D eigenvalue weighted by molar-refractivity contribution is -0.384. The average molecular weight is 304 g/mol. The van der Waals surface area contributed by atoms with Crippen LogP contribution in [0.4, 0.5) is 20.2 Å². The number of anilines is 1. The molecule has 0 aliphatic rings. The monoisotopic (exact) mass is 304 g/mol. The van der Waals surface area contributed by atoms with Crippen molar-refractivity contribution in [1.82, 2.24) is 10.2 Å². The van der Waals surface area contributed by atoms with Gasteiger partial charge < -0.3 is 0 Å². The van der Waals surface area contributed by atoms with Gasteiger partial charge in [-0.3, -0.25) is 19.9 Å². The Balaban J connectivity index is 2.54. The Labute approximate surface area is 110 Å². The number of nitro benzene ring substituents is 1. The number of aromatic amines is 1. The number of hydrogen-bond donors (Lipinski definition) is 2. The fraction of sp³-hybridized carbons (Fsp3) is 0. The van der Waals surface area contributed by atoms with Crippen molar-refractivity contribution in [2.24, 2.45) is 0 Å². The zero-order valence-corrected chi connectivity index (χ0v) is 10.3. The van der Waals surface area contributed by atoms with Gasteiger partial charge in [-0.1, -0.05) is 0 Å². The molecule has 2 rings (SSSR count). The van der Waals surface area contributed by atoms with Gasteiger partial charge in [0.05, 0.1) is 11.1 Å². The average Bonchev–Trinajstić information content (AvgIpc) is 2.89. The van der Waals surface area contributed by atoms with E-state index in [2.05, 4.69) is 10.2 Å². The van der Waals surface area contributed by atoms with Crippen molar-refractivity contribution in [3.8, 4) is 0 Å². The van der Waals surface area contributed by atoms with Crippen molar-refractivity contribution in [3.05, 3.63) is 46.3 Å². The number of nitrogens with zero attached hydrogens (tertiary/aromatic N) is 2. The number of hydrogen-bond acceptors (Lipinski definition) is 5. The summed E-state index contributed by atoms with van der Waals surface area (Å²) in [7, 11) is -4.32. The number of nitrogens with one attached hydrogen (secondary N) is 2. The molecule has 0 saturated heterocycles. The number of halogens is 2. The minimum absolute atomic E-state index is 0.379. The molecule has 20 heavy (non-hydrogen) atoms. The first kappa shape index (κ1) is 13.9. The molecular weight excluding hydrogens is 298 g/mol. The number of rotatable bonds is 4. The van der Waals surface area contributed by atoms with E-state index in [1.54, 1.807) is 4.72 Å². The molecule has 2 N–H and O–H groups in total. The SMILES string of the molecule is O=[N+]([O-])c1ccc(F)c(F)c1NS(=O)(=O)c1cn[nH]c1. The second-order valence-corrected chi connectivity index (χ2v) is 5.23. The zero-order valence-electron chi connectivity index (χ0n) is 9.50. The zero-order chi connectivity index (χ0) is 14.9. The molecular formula is C9H6F2N4O4S. The molecule has 0 atom stereocenters. The van der Waals surface area contributed by atoms with Crippen molar-refractivity contribution in [3.63, 3.8) is 0 Å². The van der Waals surface area contributed by atoms with Gasteiger partial charge in [-0.05, 0) is 6.07 Å². The fourth-order valence-electron chi connectivity index (χ4n) is 1.37. The minimum atomic E-state index is -4.32. The smallest absolute Gasteiger partial charge is 0.284 e. The van der Waals surface area contributed by atoms with Crippen LogP contribution in [0.25, 0.3) is 0 Å². The van der Waals surface area contributed by atoms with Crippen LogP contribution in [0, 0.1) is 21.7 Å². The van der Waals surface area contributed by atoms with Gasteiger partial charge in [-0.25, -0.2) is 17.2 Å². The largest absolute Gasteiger partial charge is 0.296 e. The van der Waals surface area contributed by atoms with E-state index in [9.17, 15) is 27.3 Å². The highest BCUT2D eigenvalue weighted by Gasteiger charge is 2.26. The van der Waals surface area contributed by atoms with Gasteiger partial charge in [0, 0.05) is 12.3 Å². The van der Waals surface area contributed by atoms with Crippen molar-refractivity contribution in [2.75, 3.05) is 4.72 Å². The van der Waals surface area contributed by atoms with Crippen molar-refractivity contribution < 1.29 is 22.1 Å². The summed E-state index contributed by atoms with van der Waals surface area (Å²) in [6.45, 7) is 0. The second-order valence-electron chi connectivity index (χ2n) is 3.55. The van der Waals surface area contributed by atoms with Crippen LogP contribution in [0.5, 0.6) is 0 Å². The van der Waals surface area contributed by atoms with E-state index in [1.165, 1.54) is 0 Å². The van der Waals surface area contributed by atoms with Gasteiger partial charge in [-0.2, -0.15) is 5.10 Å². The van der Waals surface area contributed by atoms with Gasteiger partial charge in [-0.15, -0.1) is 0 Å². The predicted octanol–water partition coefficient (Wildman–Crippen LogP) is 1.40. The highest BCUT2D eigenvalue weighted by Crippen LogP contribution is 2.30. The van der Waals surface area contributed by atoms with E-state index in [0.29, 0.717) is 12.1 Å². The van der Waals surface area contributed by atoms with Crippen molar-refractivity contribution in [1.29, 1.82) is 0 Å². The fourth-order valence-corrected chi connectivity index (χ4v) is 2.35. The molecule has 0 spiro atoms. The van der Waals surface area contributed by atoms with Crippen molar-refractivity contribution in [2.45, 2.75) is 4.90 Å². The summed E-state index contributed by atoms with van der Waals surface area (Å²) in [5.41, 5.74) is -1.98. The predicted molar refractivity (Wildman–Crippen MR) is 62.4 cm³/mol. The van der Waals surface area contributed by atoms with Crippen LogP contribution in [-0.2, 0) is 10.0 Å². The summed E-state index contributed by atoms with van der Waals surface area (Å²) in [5.74, 6) is -3.08. The highest BCUT2D eigenvalue weighted by atomic mass is 32.2. The van der Waals surface area contributed by atoms with Gasteiger partial charge in [0.15, 0.2) is 17.3 Å². The molecule has 0 fully saturated rings. The van der Waals surface area contributed by atoms with E-state index in [1.807, 2.05) is 0 Å². The summed E-state index contributed by atoms with van der Waals surface area (Å²) in [6, 6.07) is 1.19. The molecule has 1 heterocycles. The molecule has 1 aromatic carbocycles. The molecule has 0 aliphatic carbocycles. The first-order valence-corrected chi connectivity index (χ1v) is 6.45. The third-order valence-electron chi connectivity index (χ3n) is 2.29. The summed E-state index contributed by atoms with van der Waals surface area (Å²) in [6.07, 6.45) is 1.89. The van der Waals surface area contributed by atoms with E-state index in [4.69, 9.17) is 0 Å². The van der Waals surface area contributed by atoms with Crippen LogP contribution in [0.2, 0.25) is 0 Å². The Morgan fingerprint density at radius 2 is 2.05 bits per heavy atom. The Hall–Kier alpha value is -2.56. The quantitative estimate of drug-likeness (QED) is 0.653.